The molecular formula is C65H52N2Si. The molecule has 0 spiro atoms. The van der Waals surface area contributed by atoms with E-state index in [1.165, 1.54) is 76.4 Å². The zero-order chi connectivity index (χ0) is 46.0. The molecule has 0 saturated carbocycles. The summed E-state index contributed by atoms with van der Waals surface area (Å²) in [7, 11) is -1.49. The fraction of sp³-hybridized carbons (Fsp3) is 0.0769. The van der Waals surface area contributed by atoms with Crippen molar-refractivity contribution in [2.75, 3.05) is 9.80 Å². The molecule has 0 N–H and O–H groups in total. The Bertz CT molecular complexity index is 3600. The molecule has 3 heteroatoms. The Morgan fingerprint density at radius 2 is 0.794 bits per heavy atom. The standard InChI is InChI=1S/C65H52N2Si/c1-45-29-32-51(33-30-45)67(50-25-15-8-16-26-50)54-37-42-59-61(44-54)57-27-17-18-28-58(57)62-60-40-31-46-43-53(66(49-23-13-7-14-24-49)52-34-38-55(39-35-52)68(2,3)4)36-41-56(46)63(60)65(64(59)62,47-19-9-5-10-20-47)48-21-11-6-12-22-48/h5-44H,1-4H3. The van der Waals surface area contributed by atoms with Gasteiger partial charge in [0.05, 0.1) is 13.5 Å². The average Bonchev–Trinajstić information content (AvgIpc) is 3.71. The highest BCUT2D eigenvalue weighted by atomic mass is 28.3. The molecule has 0 aliphatic heterocycles. The van der Waals surface area contributed by atoms with Gasteiger partial charge in [0.25, 0.3) is 0 Å². The second kappa shape index (κ2) is 16.4. The second-order valence-corrected chi connectivity index (χ2v) is 24.5. The summed E-state index contributed by atoms with van der Waals surface area (Å²) in [4.78, 5) is 4.80. The van der Waals surface area contributed by atoms with E-state index < -0.39 is 13.5 Å². The van der Waals surface area contributed by atoms with Crippen LogP contribution in [-0.4, -0.2) is 8.07 Å². The van der Waals surface area contributed by atoms with Gasteiger partial charge in [-0.15, -0.1) is 0 Å². The first kappa shape index (κ1) is 41.4. The third kappa shape index (κ3) is 6.68. The van der Waals surface area contributed by atoms with Gasteiger partial charge in [0.2, 0.25) is 0 Å². The molecule has 11 aromatic rings. The molecule has 0 fully saturated rings. The van der Waals surface area contributed by atoms with Crippen LogP contribution in [0, 0.1) is 6.92 Å². The Kier molecular flexibility index (Phi) is 10.0. The molecule has 0 aromatic heterocycles. The maximum absolute atomic E-state index is 2.44. The summed E-state index contributed by atoms with van der Waals surface area (Å²) >= 11 is 0. The number of aryl methyl sites for hydroxylation is 1. The van der Waals surface area contributed by atoms with Crippen molar-refractivity contribution in [1.82, 2.24) is 0 Å². The number of benzene rings is 11. The van der Waals surface area contributed by atoms with Crippen molar-refractivity contribution in [2.24, 2.45) is 0 Å². The number of fused-ring (bicyclic) bond motifs is 10. The van der Waals surface area contributed by atoms with Crippen molar-refractivity contribution < 1.29 is 0 Å². The van der Waals surface area contributed by atoms with E-state index in [4.69, 9.17) is 0 Å². The smallest absolute Gasteiger partial charge is 0.0775 e. The van der Waals surface area contributed by atoms with E-state index in [-0.39, 0.29) is 0 Å². The van der Waals surface area contributed by atoms with Gasteiger partial charge in [-0.2, -0.15) is 0 Å². The molecular weight excluding hydrogens is 837 g/mol. The number of para-hydroxylation sites is 2. The lowest BCUT2D eigenvalue weighted by molar-refractivity contribution is 0.783. The molecule has 68 heavy (non-hydrogen) atoms. The van der Waals surface area contributed by atoms with Crippen LogP contribution in [0.1, 0.15) is 27.8 Å². The van der Waals surface area contributed by atoms with Crippen molar-refractivity contribution in [1.29, 1.82) is 0 Å². The molecule has 11 aromatic carbocycles. The summed E-state index contributed by atoms with van der Waals surface area (Å²) < 4.78 is 0. The lowest BCUT2D eigenvalue weighted by Gasteiger charge is -2.36. The average molecular weight is 889 g/mol. The lowest BCUT2D eigenvalue weighted by Crippen LogP contribution is -2.37. The molecule has 0 saturated heterocycles. The van der Waals surface area contributed by atoms with Crippen LogP contribution in [0.3, 0.4) is 0 Å². The van der Waals surface area contributed by atoms with Crippen molar-refractivity contribution in [3.05, 3.63) is 270 Å². The van der Waals surface area contributed by atoms with E-state index in [0.717, 1.165) is 34.1 Å². The predicted molar refractivity (Wildman–Crippen MR) is 293 cm³/mol. The summed E-state index contributed by atoms with van der Waals surface area (Å²) in [5, 5.41) is 8.91. The Hall–Kier alpha value is -7.98. The fourth-order valence-electron chi connectivity index (χ4n) is 11.2. The number of anilines is 6. The Morgan fingerprint density at radius 3 is 1.35 bits per heavy atom. The zero-order valence-corrected chi connectivity index (χ0v) is 40.0. The molecule has 2 nitrogen and oxygen atoms in total. The zero-order valence-electron chi connectivity index (χ0n) is 39.0. The number of nitrogens with zero attached hydrogens (tertiary/aromatic N) is 2. The van der Waals surface area contributed by atoms with Crippen LogP contribution in [0.25, 0.3) is 43.4 Å². The first-order chi connectivity index (χ1) is 33.3. The molecule has 0 amide bonds. The second-order valence-electron chi connectivity index (χ2n) is 19.4. The summed E-state index contributed by atoms with van der Waals surface area (Å²) in [6.07, 6.45) is 0. The van der Waals surface area contributed by atoms with Crippen LogP contribution < -0.4 is 15.0 Å². The van der Waals surface area contributed by atoms with Crippen LogP contribution in [0.5, 0.6) is 0 Å². The van der Waals surface area contributed by atoms with Crippen LogP contribution >= 0.6 is 0 Å². The van der Waals surface area contributed by atoms with Crippen LogP contribution in [-0.2, 0) is 5.41 Å². The highest BCUT2D eigenvalue weighted by Gasteiger charge is 2.49. The Labute approximate surface area is 401 Å². The highest BCUT2D eigenvalue weighted by molar-refractivity contribution is 6.88. The summed E-state index contributed by atoms with van der Waals surface area (Å²) in [6.45, 7) is 9.39. The van der Waals surface area contributed by atoms with Gasteiger partial charge in [0, 0.05) is 34.1 Å². The van der Waals surface area contributed by atoms with E-state index in [9.17, 15) is 0 Å². The molecule has 0 bridgehead atoms. The number of rotatable bonds is 9. The van der Waals surface area contributed by atoms with Gasteiger partial charge in [0.1, 0.15) is 0 Å². The van der Waals surface area contributed by atoms with E-state index in [1.54, 1.807) is 0 Å². The van der Waals surface area contributed by atoms with Crippen LogP contribution in [0.4, 0.5) is 34.1 Å². The van der Waals surface area contributed by atoms with Gasteiger partial charge in [-0.25, -0.2) is 0 Å². The minimum atomic E-state index is -1.49. The number of hydrogen-bond acceptors (Lipinski definition) is 2. The van der Waals surface area contributed by atoms with Gasteiger partial charge in [-0.1, -0.05) is 200 Å². The molecule has 1 aliphatic rings. The maximum Gasteiger partial charge on any atom is 0.0775 e. The van der Waals surface area contributed by atoms with Gasteiger partial charge in [-0.05, 0) is 145 Å². The third-order valence-corrected chi connectivity index (χ3v) is 16.3. The van der Waals surface area contributed by atoms with Crippen molar-refractivity contribution >= 4 is 79.7 Å². The van der Waals surface area contributed by atoms with Crippen LogP contribution in [0.2, 0.25) is 19.6 Å². The summed E-state index contributed by atoms with van der Waals surface area (Å²) in [5.41, 5.74) is 15.1. The van der Waals surface area contributed by atoms with Gasteiger partial charge in [-0.3, -0.25) is 0 Å². The Balaban J connectivity index is 1.15. The topological polar surface area (TPSA) is 6.48 Å². The molecule has 0 heterocycles. The molecule has 0 unspecified atom stereocenters. The molecule has 0 atom stereocenters. The van der Waals surface area contributed by atoms with Crippen LogP contribution in [0.15, 0.2) is 243 Å². The van der Waals surface area contributed by atoms with E-state index >= 15 is 0 Å². The first-order valence-corrected chi connectivity index (χ1v) is 27.3. The lowest BCUT2D eigenvalue weighted by atomic mass is 9.65. The minimum Gasteiger partial charge on any atom is -0.310 e. The van der Waals surface area contributed by atoms with Gasteiger partial charge < -0.3 is 9.80 Å². The summed E-state index contributed by atoms with van der Waals surface area (Å²) in [5.74, 6) is 0. The first-order valence-electron chi connectivity index (χ1n) is 23.8. The Morgan fingerprint density at radius 1 is 0.338 bits per heavy atom. The SMILES string of the molecule is Cc1ccc(N(c2ccccc2)c2ccc3c4c(c5ccccc5c3c2)-c2ccc3cc(N(c5ccccc5)c5ccc([Si](C)(C)C)cc5)ccc3c2C4(c2ccccc2)c2ccccc2)cc1. The normalized spacial score (nSPS) is 12.8. The van der Waals surface area contributed by atoms with Gasteiger partial charge >= 0.3 is 0 Å². The number of hydrogen-bond donors (Lipinski definition) is 0. The van der Waals surface area contributed by atoms with E-state index in [0.29, 0.717) is 0 Å². The van der Waals surface area contributed by atoms with E-state index in [2.05, 4.69) is 279 Å². The highest BCUT2D eigenvalue weighted by Crippen LogP contribution is 2.62. The van der Waals surface area contributed by atoms with Crippen molar-refractivity contribution in [3.8, 4) is 11.1 Å². The quantitative estimate of drug-likeness (QED) is 0.105. The largest absolute Gasteiger partial charge is 0.310 e. The minimum absolute atomic E-state index is 0.653. The van der Waals surface area contributed by atoms with Gasteiger partial charge in [0.15, 0.2) is 0 Å². The maximum atomic E-state index is 2.44. The van der Waals surface area contributed by atoms with Crippen molar-refractivity contribution in [3.63, 3.8) is 0 Å². The monoisotopic (exact) mass is 888 g/mol. The summed E-state index contributed by atoms with van der Waals surface area (Å²) in [6, 6.07) is 90.5. The predicted octanol–water partition coefficient (Wildman–Crippen LogP) is 17.3. The molecule has 0 radical (unpaired) electrons. The molecule has 1 aliphatic carbocycles. The molecule has 326 valence electrons. The molecule has 12 rings (SSSR count). The van der Waals surface area contributed by atoms with E-state index in [1.807, 2.05) is 0 Å². The third-order valence-electron chi connectivity index (χ3n) is 14.3. The fourth-order valence-corrected chi connectivity index (χ4v) is 12.3. The van der Waals surface area contributed by atoms with Crippen molar-refractivity contribution in [2.45, 2.75) is 32.0 Å².